The summed E-state index contributed by atoms with van der Waals surface area (Å²) in [5.41, 5.74) is 4.08. The SMILES string of the molecule is CCOC(=O)Cc1csc(NN=Cc2ccc(Oc3nc(Cl)ncc3F)c(OC)c2)n1. The summed E-state index contributed by atoms with van der Waals surface area (Å²) in [7, 11) is 1.45. The lowest BCUT2D eigenvalue weighted by atomic mass is 10.2. The molecule has 9 nitrogen and oxygen atoms in total. The molecule has 0 atom stereocenters. The van der Waals surface area contributed by atoms with Crippen molar-refractivity contribution in [3.8, 4) is 17.4 Å². The second kappa shape index (κ2) is 10.6. The molecule has 3 rings (SSSR count). The van der Waals surface area contributed by atoms with E-state index in [-0.39, 0.29) is 29.3 Å². The maximum absolute atomic E-state index is 13.8. The molecule has 162 valence electrons. The number of esters is 1. The van der Waals surface area contributed by atoms with Gasteiger partial charge in [0.1, 0.15) is 0 Å². The minimum Gasteiger partial charge on any atom is -0.493 e. The number of benzene rings is 1. The zero-order chi connectivity index (χ0) is 22.2. The third-order valence-corrected chi connectivity index (χ3v) is 4.61. The van der Waals surface area contributed by atoms with Gasteiger partial charge in [-0.25, -0.2) is 9.97 Å². The molecule has 0 bridgehead atoms. The molecule has 0 unspecified atom stereocenters. The van der Waals surface area contributed by atoms with Crippen molar-refractivity contribution in [2.45, 2.75) is 13.3 Å². The van der Waals surface area contributed by atoms with Crippen LogP contribution in [-0.2, 0) is 16.0 Å². The Morgan fingerprint density at radius 2 is 2.19 bits per heavy atom. The normalized spacial score (nSPS) is 10.8. The summed E-state index contributed by atoms with van der Waals surface area (Å²) in [5, 5.41) is 6.26. The number of halogens is 2. The smallest absolute Gasteiger partial charge is 0.311 e. The highest BCUT2D eigenvalue weighted by Gasteiger charge is 2.13. The van der Waals surface area contributed by atoms with Gasteiger partial charge in [0.2, 0.25) is 16.2 Å². The molecule has 0 spiro atoms. The number of ether oxygens (including phenoxy) is 3. The number of thiazole rings is 1. The molecule has 31 heavy (non-hydrogen) atoms. The maximum Gasteiger partial charge on any atom is 0.311 e. The van der Waals surface area contributed by atoms with Crippen LogP contribution in [0, 0.1) is 5.82 Å². The lowest BCUT2D eigenvalue weighted by molar-refractivity contribution is -0.142. The van der Waals surface area contributed by atoms with E-state index >= 15 is 0 Å². The Kier molecular flexibility index (Phi) is 7.68. The summed E-state index contributed by atoms with van der Waals surface area (Å²) in [6, 6.07) is 4.92. The molecule has 0 aliphatic rings. The highest BCUT2D eigenvalue weighted by molar-refractivity contribution is 7.13. The predicted molar refractivity (Wildman–Crippen MR) is 114 cm³/mol. The average Bonchev–Trinajstić information content (AvgIpc) is 3.18. The van der Waals surface area contributed by atoms with E-state index in [1.54, 1.807) is 36.7 Å². The first-order valence-electron chi connectivity index (χ1n) is 8.91. The molecular weight excluding hydrogens is 449 g/mol. The summed E-state index contributed by atoms with van der Waals surface area (Å²) in [6.45, 7) is 2.08. The number of hydrazone groups is 1. The molecule has 2 aromatic heterocycles. The number of methoxy groups -OCH3 is 1. The Hall–Kier alpha value is -3.31. The Balaban J connectivity index is 1.64. The second-order valence-electron chi connectivity index (χ2n) is 5.80. The van der Waals surface area contributed by atoms with E-state index < -0.39 is 5.82 Å². The lowest BCUT2D eigenvalue weighted by Gasteiger charge is -2.10. The molecule has 0 amide bonds. The number of hydrogen-bond donors (Lipinski definition) is 1. The van der Waals surface area contributed by atoms with E-state index in [2.05, 4.69) is 25.5 Å². The second-order valence-corrected chi connectivity index (χ2v) is 7.00. The van der Waals surface area contributed by atoms with Crippen molar-refractivity contribution in [1.29, 1.82) is 0 Å². The van der Waals surface area contributed by atoms with Gasteiger partial charge < -0.3 is 14.2 Å². The Labute approximate surface area is 185 Å². The zero-order valence-electron chi connectivity index (χ0n) is 16.5. The zero-order valence-corrected chi connectivity index (χ0v) is 18.0. The summed E-state index contributed by atoms with van der Waals surface area (Å²) in [5.74, 6) is -0.828. The van der Waals surface area contributed by atoms with Crippen LogP contribution in [0.15, 0.2) is 34.9 Å². The monoisotopic (exact) mass is 465 g/mol. The van der Waals surface area contributed by atoms with E-state index in [0.717, 1.165) is 6.20 Å². The molecule has 12 heteroatoms. The van der Waals surface area contributed by atoms with E-state index in [1.165, 1.54) is 18.4 Å². The summed E-state index contributed by atoms with van der Waals surface area (Å²) < 4.78 is 29.4. The van der Waals surface area contributed by atoms with Crippen LogP contribution in [0.1, 0.15) is 18.2 Å². The summed E-state index contributed by atoms with van der Waals surface area (Å²) in [4.78, 5) is 23.0. The van der Waals surface area contributed by atoms with Crippen LogP contribution >= 0.6 is 22.9 Å². The standard InChI is InChI=1S/C19H17ClFN5O4S/c1-3-29-16(27)7-12-10-31-19(24-12)26-23-8-11-4-5-14(15(6-11)28-2)30-17-13(21)9-22-18(20)25-17/h4-6,8-10H,3,7H2,1-2H3,(H,24,26). The first-order chi connectivity index (χ1) is 15.0. The summed E-state index contributed by atoms with van der Waals surface area (Å²) in [6.07, 6.45) is 2.56. The molecule has 3 aromatic rings. The number of anilines is 1. The number of aromatic nitrogens is 3. The Morgan fingerprint density at radius 3 is 2.97 bits per heavy atom. The van der Waals surface area contributed by atoms with Gasteiger partial charge >= 0.3 is 5.97 Å². The lowest BCUT2D eigenvalue weighted by Crippen LogP contribution is -2.07. The van der Waals surface area contributed by atoms with Crippen LogP contribution in [0.4, 0.5) is 9.52 Å². The van der Waals surface area contributed by atoms with Gasteiger partial charge in [0.05, 0.1) is 38.2 Å². The first kappa shape index (κ1) is 22.4. The van der Waals surface area contributed by atoms with Crippen molar-refractivity contribution in [3.63, 3.8) is 0 Å². The third kappa shape index (κ3) is 6.33. The van der Waals surface area contributed by atoms with Crippen molar-refractivity contribution in [3.05, 3.63) is 52.1 Å². The summed E-state index contributed by atoms with van der Waals surface area (Å²) >= 11 is 6.99. The van der Waals surface area contributed by atoms with Crippen LogP contribution in [0.3, 0.4) is 0 Å². The van der Waals surface area contributed by atoms with Gasteiger partial charge in [-0.15, -0.1) is 11.3 Å². The van der Waals surface area contributed by atoms with Crippen molar-refractivity contribution >= 4 is 40.3 Å². The highest BCUT2D eigenvalue weighted by atomic mass is 35.5. The van der Waals surface area contributed by atoms with E-state index in [4.69, 9.17) is 25.8 Å². The molecule has 2 heterocycles. The molecule has 0 aliphatic carbocycles. The van der Waals surface area contributed by atoms with Crippen LogP contribution in [0.5, 0.6) is 17.4 Å². The highest BCUT2D eigenvalue weighted by Crippen LogP contribution is 2.32. The fourth-order valence-corrected chi connectivity index (χ4v) is 3.10. The van der Waals surface area contributed by atoms with Gasteiger partial charge in [-0.1, -0.05) is 0 Å². The maximum atomic E-state index is 13.8. The number of nitrogens with one attached hydrogen (secondary N) is 1. The molecule has 0 saturated carbocycles. The molecule has 0 aliphatic heterocycles. The Morgan fingerprint density at radius 1 is 1.35 bits per heavy atom. The van der Waals surface area contributed by atoms with E-state index in [0.29, 0.717) is 28.7 Å². The first-order valence-corrected chi connectivity index (χ1v) is 10.2. The van der Waals surface area contributed by atoms with Gasteiger partial charge in [-0.05, 0) is 42.3 Å². The number of carbonyl (C=O) groups excluding carboxylic acids is 1. The number of hydrogen-bond acceptors (Lipinski definition) is 10. The van der Waals surface area contributed by atoms with Crippen LogP contribution in [-0.4, -0.2) is 40.9 Å². The molecule has 0 saturated heterocycles. The van der Waals surface area contributed by atoms with Crippen molar-refractivity contribution < 1.29 is 23.4 Å². The molecule has 0 fully saturated rings. The van der Waals surface area contributed by atoms with Gasteiger partial charge in [-0.3, -0.25) is 10.2 Å². The van der Waals surface area contributed by atoms with E-state index in [9.17, 15) is 9.18 Å². The number of rotatable bonds is 9. The largest absolute Gasteiger partial charge is 0.493 e. The predicted octanol–water partition coefficient (Wildman–Crippen LogP) is 4.08. The van der Waals surface area contributed by atoms with E-state index in [1.807, 2.05) is 0 Å². The average molecular weight is 466 g/mol. The molecule has 1 aromatic carbocycles. The van der Waals surface area contributed by atoms with Gasteiger partial charge in [-0.2, -0.15) is 14.5 Å². The quantitative estimate of drug-likeness (QED) is 0.218. The van der Waals surface area contributed by atoms with Crippen LogP contribution in [0.25, 0.3) is 0 Å². The van der Waals surface area contributed by atoms with Gasteiger partial charge in [0.15, 0.2) is 11.5 Å². The number of carbonyl (C=O) groups is 1. The minimum absolute atomic E-state index is 0.104. The fraction of sp³-hybridized carbons (Fsp3) is 0.211. The molecule has 0 radical (unpaired) electrons. The van der Waals surface area contributed by atoms with Crippen LogP contribution in [0.2, 0.25) is 5.28 Å². The fourth-order valence-electron chi connectivity index (χ4n) is 2.32. The van der Waals surface area contributed by atoms with Gasteiger partial charge in [0.25, 0.3) is 5.88 Å². The van der Waals surface area contributed by atoms with Crippen molar-refractivity contribution in [2.75, 3.05) is 19.1 Å². The van der Waals surface area contributed by atoms with Crippen molar-refractivity contribution in [2.24, 2.45) is 5.10 Å². The number of nitrogens with zero attached hydrogens (tertiary/aromatic N) is 4. The topological polar surface area (TPSA) is 108 Å². The van der Waals surface area contributed by atoms with Gasteiger partial charge in [0, 0.05) is 5.38 Å². The third-order valence-electron chi connectivity index (χ3n) is 3.63. The Bertz CT molecular complexity index is 1090. The van der Waals surface area contributed by atoms with Crippen molar-refractivity contribution in [1.82, 2.24) is 15.0 Å². The molecule has 1 N–H and O–H groups in total. The minimum atomic E-state index is -0.757. The van der Waals surface area contributed by atoms with Crippen LogP contribution < -0.4 is 14.9 Å². The molecular formula is C19H17ClFN5O4S.